The highest BCUT2D eigenvalue weighted by atomic mass is 16.2. The number of hydrogen-bond acceptors (Lipinski definition) is 1. The summed E-state index contributed by atoms with van der Waals surface area (Å²) in [6, 6.07) is 10.2. The normalized spacial score (nSPS) is 17.6. The van der Waals surface area contributed by atoms with E-state index in [2.05, 4.69) is 31.3 Å². The number of nitrogens with one attached hydrogen (secondary N) is 1. The molecule has 0 radical (unpaired) electrons. The van der Waals surface area contributed by atoms with Crippen LogP contribution in [-0.4, -0.2) is 12.5 Å². The monoisotopic (exact) mass is 231 g/mol. The van der Waals surface area contributed by atoms with E-state index in [-0.39, 0.29) is 11.3 Å². The number of carbonyl (C=O) groups excluding carboxylic acids is 1. The highest BCUT2D eigenvalue weighted by Gasteiger charge is 2.45. The van der Waals surface area contributed by atoms with Gasteiger partial charge in [0.1, 0.15) is 0 Å². The van der Waals surface area contributed by atoms with Crippen LogP contribution >= 0.6 is 0 Å². The largest absolute Gasteiger partial charge is 0.355 e. The lowest BCUT2D eigenvalue weighted by Gasteiger charge is -2.40. The number of benzene rings is 1. The first-order valence-corrected chi connectivity index (χ1v) is 6.49. The van der Waals surface area contributed by atoms with Crippen LogP contribution in [0, 0.1) is 5.92 Å². The van der Waals surface area contributed by atoms with Crippen molar-refractivity contribution in [3.63, 3.8) is 0 Å². The molecule has 1 amide bonds. The lowest BCUT2D eigenvalue weighted by atomic mass is 9.64. The van der Waals surface area contributed by atoms with E-state index in [9.17, 15) is 4.79 Å². The van der Waals surface area contributed by atoms with Crippen molar-refractivity contribution in [1.82, 2.24) is 5.32 Å². The fourth-order valence-corrected chi connectivity index (χ4v) is 2.40. The van der Waals surface area contributed by atoms with Gasteiger partial charge in [-0.1, -0.05) is 50.6 Å². The molecule has 2 heteroatoms. The lowest BCUT2D eigenvalue weighted by Crippen LogP contribution is -2.49. The average molecular weight is 231 g/mol. The predicted octanol–water partition coefficient (Wildman–Crippen LogP) is 2.88. The van der Waals surface area contributed by atoms with Gasteiger partial charge in [0.05, 0.1) is 5.41 Å². The summed E-state index contributed by atoms with van der Waals surface area (Å²) in [6.45, 7) is 5.01. The molecule has 92 valence electrons. The van der Waals surface area contributed by atoms with Gasteiger partial charge in [0.25, 0.3) is 0 Å². The molecule has 1 fully saturated rings. The molecule has 0 spiro atoms. The van der Waals surface area contributed by atoms with E-state index in [1.54, 1.807) is 0 Å². The predicted molar refractivity (Wildman–Crippen MR) is 69.8 cm³/mol. The Kier molecular flexibility index (Phi) is 3.51. The maximum atomic E-state index is 12.3. The van der Waals surface area contributed by atoms with Crippen LogP contribution in [0.3, 0.4) is 0 Å². The lowest BCUT2D eigenvalue weighted by molar-refractivity contribution is -0.130. The number of amides is 1. The molecule has 1 aliphatic rings. The maximum absolute atomic E-state index is 12.3. The minimum Gasteiger partial charge on any atom is -0.355 e. The topological polar surface area (TPSA) is 29.1 Å². The molecule has 0 saturated heterocycles. The summed E-state index contributed by atoms with van der Waals surface area (Å²) in [7, 11) is 0. The van der Waals surface area contributed by atoms with Crippen LogP contribution in [0.2, 0.25) is 0 Å². The van der Waals surface area contributed by atoms with Crippen LogP contribution in [0.1, 0.15) is 38.7 Å². The van der Waals surface area contributed by atoms with Crippen LogP contribution in [0.5, 0.6) is 0 Å². The van der Waals surface area contributed by atoms with Crippen LogP contribution in [-0.2, 0) is 10.2 Å². The molecule has 2 rings (SSSR count). The van der Waals surface area contributed by atoms with E-state index in [0.717, 1.165) is 25.8 Å². The summed E-state index contributed by atoms with van der Waals surface area (Å²) in [4.78, 5) is 12.3. The van der Waals surface area contributed by atoms with Crippen molar-refractivity contribution in [1.29, 1.82) is 0 Å². The first-order chi connectivity index (χ1) is 8.15. The molecule has 0 unspecified atom stereocenters. The summed E-state index contributed by atoms with van der Waals surface area (Å²) in [5.74, 6) is 0.718. The standard InChI is InChI=1S/C15H21NO/c1-12(2)11-16-14(17)15(9-6-10-15)13-7-4-3-5-8-13/h3-5,7-8,12H,6,9-11H2,1-2H3,(H,16,17). The Balaban J connectivity index is 2.12. The molecule has 0 aliphatic heterocycles. The van der Waals surface area contributed by atoms with Crippen LogP contribution in [0.25, 0.3) is 0 Å². The SMILES string of the molecule is CC(C)CNC(=O)C1(c2ccccc2)CCC1. The van der Waals surface area contributed by atoms with Gasteiger partial charge in [-0.05, 0) is 24.3 Å². The molecule has 2 nitrogen and oxygen atoms in total. The molecular weight excluding hydrogens is 210 g/mol. The van der Waals surface area contributed by atoms with Crippen molar-refractivity contribution >= 4 is 5.91 Å². The van der Waals surface area contributed by atoms with Gasteiger partial charge in [-0.25, -0.2) is 0 Å². The second-order valence-corrected chi connectivity index (χ2v) is 5.41. The van der Waals surface area contributed by atoms with Crippen molar-refractivity contribution in [3.8, 4) is 0 Å². The van der Waals surface area contributed by atoms with Crippen molar-refractivity contribution in [2.24, 2.45) is 5.92 Å². The van der Waals surface area contributed by atoms with Crippen molar-refractivity contribution in [2.45, 2.75) is 38.5 Å². The maximum Gasteiger partial charge on any atom is 0.230 e. The van der Waals surface area contributed by atoms with Gasteiger partial charge in [0.15, 0.2) is 0 Å². The van der Waals surface area contributed by atoms with Crippen LogP contribution in [0.4, 0.5) is 0 Å². The first kappa shape index (κ1) is 12.2. The van der Waals surface area contributed by atoms with Gasteiger partial charge in [-0.2, -0.15) is 0 Å². The smallest absolute Gasteiger partial charge is 0.230 e. The molecule has 1 aromatic rings. The number of carbonyl (C=O) groups is 1. The summed E-state index contributed by atoms with van der Waals surface area (Å²) in [6.07, 6.45) is 3.13. The van der Waals surface area contributed by atoms with Gasteiger partial charge in [0, 0.05) is 6.54 Å². The van der Waals surface area contributed by atoms with Crippen molar-refractivity contribution in [3.05, 3.63) is 35.9 Å². The fraction of sp³-hybridized carbons (Fsp3) is 0.533. The molecule has 0 bridgehead atoms. The van der Waals surface area contributed by atoms with E-state index in [4.69, 9.17) is 0 Å². The zero-order valence-electron chi connectivity index (χ0n) is 10.7. The summed E-state index contributed by atoms with van der Waals surface area (Å²) in [5, 5.41) is 3.08. The quantitative estimate of drug-likeness (QED) is 0.848. The van der Waals surface area contributed by atoms with E-state index in [1.807, 2.05) is 18.2 Å². The summed E-state index contributed by atoms with van der Waals surface area (Å²) < 4.78 is 0. The molecular formula is C15H21NO. The Morgan fingerprint density at radius 1 is 1.29 bits per heavy atom. The second kappa shape index (κ2) is 4.91. The minimum absolute atomic E-state index is 0.212. The van der Waals surface area contributed by atoms with Gasteiger partial charge in [0.2, 0.25) is 5.91 Å². The third-order valence-electron chi connectivity index (χ3n) is 3.64. The molecule has 0 heterocycles. The van der Waals surface area contributed by atoms with Crippen molar-refractivity contribution in [2.75, 3.05) is 6.54 Å². The summed E-state index contributed by atoms with van der Waals surface area (Å²) in [5.41, 5.74) is 0.934. The van der Waals surface area contributed by atoms with Gasteiger partial charge < -0.3 is 5.32 Å². The molecule has 1 aliphatic carbocycles. The Labute approximate surface area is 103 Å². The van der Waals surface area contributed by atoms with E-state index in [0.29, 0.717) is 5.92 Å². The molecule has 1 N–H and O–H groups in total. The Hall–Kier alpha value is -1.31. The third-order valence-corrected chi connectivity index (χ3v) is 3.64. The number of rotatable bonds is 4. The summed E-state index contributed by atoms with van der Waals surface area (Å²) >= 11 is 0. The average Bonchev–Trinajstić information content (AvgIpc) is 2.26. The van der Waals surface area contributed by atoms with Crippen LogP contribution in [0.15, 0.2) is 30.3 Å². The molecule has 1 saturated carbocycles. The Bertz CT molecular complexity index is 379. The van der Waals surface area contributed by atoms with Crippen molar-refractivity contribution < 1.29 is 4.79 Å². The molecule has 0 aromatic heterocycles. The van der Waals surface area contributed by atoms with Gasteiger partial charge >= 0.3 is 0 Å². The highest BCUT2D eigenvalue weighted by Crippen LogP contribution is 2.43. The Morgan fingerprint density at radius 3 is 2.41 bits per heavy atom. The Morgan fingerprint density at radius 2 is 1.94 bits per heavy atom. The third kappa shape index (κ3) is 2.36. The molecule has 1 aromatic carbocycles. The van der Waals surface area contributed by atoms with Crippen LogP contribution < -0.4 is 5.32 Å². The second-order valence-electron chi connectivity index (χ2n) is 5.41. The van der Waals surface area contributed by atoms with Gasteiger partial charge in [-0.3, -0.25) is 4.79 Å². The van der Waals surface area contributed by atoms with Gasteiger partial charge in [-0.15, -0.1) is 0 Å². The fourth-order valence-electron chi connectivity index (χ4n) is 2.40. The zero-order chi connectivity index (χ0) is 12.3. The first-order valence-electron chi connectivity index (χ1n) is 6.49. The van der Waals surface area contributed by atoms with E-state index in [1.165, 1.54) is 5.56 Å². The molecule has 0 atom stereocenters. The van der Waals surface area contributed by atoms with E-state index >= 15 is 0 Å². The minimum atomic E-state index is -0.240. The van der Waals surface area contributed by atoms with E-state index < -0.39 is 0 Å². The highest BCUT2D eigenvalue weighted by molar-refractivity contribution is 5.89. The molecule has 17 heavy (non-hydrogen) atoms. The zero-order valence-corrected chi connectivity index (χ0v) is 10.7. The number of hydrogen-bond donors (Lipinski definition) is 1.